The molecule has 0 saturated heterocycles. The van der Waals surface area contributed by atoms with Crippen molar-refractivity contribution in [3.8, 4) is 0 Å². The molecule has 1 aromatic carbocycles. The van der Waals surface area contributed by atoms with E-state index in [-0.39, 0.29) is 21.9 Å². The van der Waals surface area contributed by atoms with E-state index in [2.05, 4.69) is 11.6 Å². The monoisotopic (exact) mass is 336 g/mol. The van der Waals surface area contributed by atoms with Gasteiger partial charge in [0.25, 0.3) is 0 Å². The van der Waals surface area contributed by atoms with Gasteiger partial charge in [0.05, 0.1) is 5.02 Å². The molecule has 0 spiro atoms. The van der Waals surface area contributed by atoms with E-state index in [0.29, 0.717) is 17.1 Å². The molecule has 20 heavy (non-hydrogen) atoms. The molecule has 0 unspecified atom stereocenters. The van der Waals surface area contributed by atoms with Gasteiger partial charge in [-0.05, 0) is 30.4 Å². The minimum Gasteiger partial charge on any atom is -0.326 e. The second kappa shape index (κ2) is 5.81. The zero-order valence-electron chi connectivity index (χ0n) is 11.2. The summed E-state index contributed by atoms with van der Waals surface area (Å²) in [5.41, 5.74) is 6.06. The van der Waals surface area contributed by atoms with Crippen LogP contribution >= 0.6 is 23.2 Å². The van der Waals surface area contributed by atoms with Crippen LogP contribution in [0.1, 0.15) is 31.7 Å². The van der Waals surface area contributed by atoms with Gasteiger partial charge >= 0.3 is 0 Å². The Balaban J connectivity index is 2.25. The van der Waals surface area contributed by atoms with Gasteiger partial charge in [0.1, 0.15) is 4.90 Å². The molecule has 0 aromatic heterocycles. The van der Waals surface area contributed by atoms with Crippen molar-refractivity contribution in [2.75, 3.05) is 6.54 Å². The van der Waals surface area contributed by atoms with Crippen molar-refractivity contribution in [1.29, 1.82) is 0 Å². The van der Waals surface area contributed by atoms with Crippen LogP contribution in [0.2, 0.25) is 10.0 Å². The van der Waals surface area contributed by atoms with Crippen molar-refractivity contribution in [2.45, 2.75) is 37.6 Å². The smallest absolute Gasteiger partial charge is 0.242 e. The Hall–Kier alpha value is -0.330. The molecule has 7 heteroatoms. The van der Waals surface area contributed by atoms with E-state index in [9.17, 15) is 8.42 Å². The number of benzene rings is 1. The SMILES string of the molecule is CC1(CNS(=O)(=O)c2ccc(Cl)c(CN)c2Cl)CCC1. The van der Waals surface area contributed by atoms with E-state index < -0.39 is 10.0 Å². The van der Waals surface area contributed by atoms with Crippen LogP contribution in [0.3, 0.4) is 0 Å². The van der Waals surface area contributed by atoms with Crippen LogP contribution < -0.4 is 10.5 Å². The molecular formula is C13H18Cl2N2O2S. The van der Waals surface area contributed by atoms with Crippen LogP contribution in [-0.2, 0) is 16.6 Å². The third-order valence-corrected chi connectivity index (χ3v) is 6.24. The molecule has 2 rings (SSSR count). The molecule has 112 valence electrons. The van der Waals surface area contributed by atoms with Crippen LogP contribution in [0.5, 0.6) is 0 Å². The Labute approximate surface area is 129 Å². The van der Waals surface area contributed by atoms with Gasteiger partial charge in [-0.25, -0.2) is 13.1 Å². The summed E-state index contributed by atoms with van der Waals surface area (Å²) in [7, 11) is -3.65. The molecular weight excluding hydrogens is 319 g/mol. The highest BCUT2D eigenvalue weighted by Gasteiger charge is 2.33. The predicted octanol–water partition coefficient (Wildman–Crippen LogP) is 2.92. The molecule has 0 atom stereocenters. The highest BCUT2D eigenvalue weighted by molar-refractivity contribution is 7.89. The maximum absolute atomic E-state index is 12.3. The molecule has 1 aromatic rings. The van der Waals surface area contributed by atoms with E-state index in [1.807, 2.05) is 0 Å². The second-order valence-electron chi connectivity index (χ2n) is 5.53. The fraction of sp³-hybridized carbons (Fsp3) is 0.538. The van der Waals surface area contributed by atoms with E-state index in [4.69, 9.17) is 28.9 Å². The zero-order chi connectivity index (χ0) is 15.0. The maximum atomic E-state index is 12.3. The average molecular weight is 337 g/mol. The standard InChI is InChI=1S/C13H18Cl2N2O2S/c1-13(5-2-6-13)8-17-20(18,19)11-4-3-10(14)9(7-16)12(11)15/h3-4,17H,2,5-8,16H2,1H3. The number of halogens is 2. The lowest BCUT2D eigenvalue weighted by molar-refractivity contribution is 0.166. The second-order valence-corrected chi connectivity index (χ2v) is 8.05. The Morgan fingerprint density at radius 1 is 1.35 bits per heavy atom. The van der Waals surface area contributed by atoms with Gasteiger partial charge in [-0.3, -0.25) is 0 Å². The van der Waals surface area contributed by atoms with Gasteiger partial charge in [0.2, 0.25) is 10.0 Å². The lowest BCUT2D eigenvalue weighted by Crippen LogP contribution is -2.40. The summed E-state index contributed by atoms with van der Waals surface area (Å²) in [6.45, 7) is 2.60. The summed E-state index contributed by atoms with van der Waals surface area (Å²) in [5, 5.41) is 0.480. The summed E-state index contributed by atoms with van der Waals surface area (Å²) < 4.78 is 27.3. The molecule has 0 bridgehead atoms. The van der Waals surface area contributed by atoms with E-state index in [1.165, 1.54) is 12.1 Å². The number of hydrogen-bond donors (Lipinski definition) is 2. The van der Waals surface area contributed by atoms with Gasteiger partial charge in [-0.15, -0.1) is 0 Å². The molecule has 0 aliphatic heterocycles. The van der Waals surface area contributed by atoms with Crippen LogP contribution in [-0.4, -0.2) is 15.0 Å². The normalized spacial score (nSPS) is 17.8. The summed E-state index contributed by atoms with van der Waals surface area (Å²) in [6, 6.07) is 2.92. The maximum Gasteiger partial charge on any atom is 0.242 e. The Morgan fingerprint density at radius 2 is 2.00 bits per heavy atom. The van der Waals surface area contributed by atoms with Crippen LogP contribution in [0.15, 0.2) is 17.0 Å². The van der Waals surface area contributed by atoms with Crippen molar-refractivity contribution in [3.05, 3.63) is 27.7 Å². The Bertz CT molecular complexity index is 613. The first-order valence-corrected chi connectivity index (χ1v) is 8.70. The molecule has 3 N–H and O–H groups in total. The molecule has 0 radical (unpaired) electrons. The third kappa shape index (κ3) is 3.12. The molecule has 1 aliphatic carbocycles. The quantitative estimate of drug-likeness (QED) is 0.868. The van der Waals surface area contributed by atoms with E-state index in [1.54, 1.807) is 0 Å². The number of nitrogens with two attached hydrogens (primary N) is 1. The number of hydrogen-bond acceptors (Lipinski definition) is 3. The highest BCUT2D eigenvalue weighted by Crippen LogP contribution is 2.40. The Kier molecular flexibility index (Phi) is 4.66. The summed E-state index contributed by atoms with van der Waals surface area (Å²) in [4.78, 5) is 0.0342. The Morgan fingerprint density at radius 3 is 2.50 bits per heavy atom. The first-order valence-electron chi connectivity index (χ1n) is 6.46. The van der Waals surface area contributed by atoms with E-state index in [0.717, 1.165) is 19.3 Å². The highest BCUT2D eigenvalue weighted by atomic mass is 35.5. The predicted molar refractivity (Wildman–Crippen MR) is 81.5 cm³/mol. The van der Waals surface area contributed by atoms with Gasteiger partial charge in [-0.1, -0.05) is 36.5 Å². The lowest BCUT2D eigenvalue weighted by Gasteiger charge is -2.38. The van der Waals surface area contributed by atoms with Crippen molar-refractivity contribution < 1.29 is 8.42 Å². The van der Waals surface area contributed by atoms with Crippen molar-refractivity contribution >= 4 is 33.2 Å². The first-order chi connectivity index (χ1) is 9.29. The lowest BCUT2D eigenvalue weighted by atomic mass is 9.71. The molecule has 4 nitrogen and oxygen atoms in total. The minimum absolute atomic E-state index is 0.0342. The molecule has 0 amide bonds. The number of sulfonamides is 1. The minimum atomic E-state index is -3.65. The molecule has 1 saturated carbocycles. The largest absolute Gasteiger partial charge is 0.326 e. The van der Waals surface area contributed by atoms with Gasteiger partial charge in [0.15, 0.2) is 0 Å². The fourth-order valence-electron chi connectivity index (χ4n) is 2.27. The number of nitrogens with one attached hydrogen (secondary N) is 1. The van der Waals surface area contributed by atoms with Gasteiger partial charge in [0, 0.05) is 23.7 Å². The van der Waals surface area contributed by atoms with E-state index >= 15 is 0 Å². The summed E-state index contributed by atoms with van der Waals surface area (Å²) >= 11 is 12.1. The third-order valence-electron chi connectivity index (χ3n) is 3.89. The summed E-state index contributed by atoms with van der Waals surface area (Å²) in [6.07, 6.45) is 3.23. The summed E-state index contributed by atoms with van der Waals surface area (Å²) in [5.74, 6) is 0. The average Bonchev–Trinajstić information content (AvgIpc) is 2.34. The van der Waals surface area contributed by atoms with Gasteiger partial charge < -0.3 is 5.73 Å². The zero-order valence-corrected chi connectivity index (χ0v) is 13.6. The van der Waals surface area contributed by atoms with Crippen LogP contribution in [0.4, 0.5) is 0 Å². The number of rotatable bonds is 5. The molecule has 1 aliphatic rings. The molecule has 0 heterocycles. The topological polar surface area (TPSA) is 72.2 Å². The van der Waals surface area contributed by atoms with Crippen molar-refractivity contribution in [3.63, 3.8) is 0 Å². The van der Waals surface area contributed by atoms with Gasteiger partial charge in [-0.2, -0.15) is 0 Å². The first kappa shape index (κ1) is 16.0. The fourth-order valence-corrected chi connectivity index (χ4v) is 4.40. The van der Waals surface area contributed by atoms with Crippen molar-refractivity contribution in [2.24, 2.45) is 11.1 Å². The van der Waals surface area contributed by atoms with Crippen LogP contribution in [0, 0.1) is 5.41 Å². The molecule has 1 fully saturated rings. The van der Waals surface area contributed by atoms with Crippen molar-refractivity contribution in [1.82, 2.24) is 4.72 Å². The van der Waals surface area contributed by atoms with Crippen LogP contribution in [0.25, 0.3) is 0 Å².